The van der Waals surface area contributed by atoms with E-state index in [2.05, 4.69) is 48.0 Å². The molecule has 4 nitrogen and oxygen atoms in total. The van der Waals surface area contributed by atoms with Crippen molar-refractivity contribution >= 4 is 31.9 Å². The van der Waals surface area contributed by atoms with Crippen molar-refractivity contribution < 1.29 is 0 Å². The van der Waals surface area contributed by atoms with Crippen molar-refractivity contribution in [3.05, 3.63) is 44.9 Å². The molecule has 1 heterocycles. The molecule has 1 aromatic heterocycles. The van der Waals surface area contributed by atoms with Crippen molar-refractivity contribution in [3.63, 3.8) is 0 Å². The summed E-state index contributed by atoms with van der Waals surface area (Å²) >= 11 is 6.50. The van der Waals surface area contributed by atoms with Crippen LogP contribution in [0, 0.1) is 11.3 Å². The summed E-state index contributed by atoms with van der Waals surface area (Å²) in [4.78, 5) is 4.07. The summed E-state index contributed by atoms with van der Waals surface area (Å²) in [5, 5.41) is 12.9. The van der Waals surface area contributed by atoms with Crippen LogP contribution in [0.1, 0.15) is 11.1 Å². The number of halogens is 2. The van der Waals surface area contributed by atoms with Crippen LogP contribution in [0.5, 0.6) is 0 Å². The lowest BCUT2D eigenvalue weighted by molar-refractivity contribution is 0.664. The monoisotopic (exact) mass is 340 g/mol. The van der Waals surface area contributed by atoms with Crippen molar-refractivity contribution in [2.24, 2.45) is 0 Å². The Kier molecular flexibility index (Phi) is 3.36. The highest BCUT2D eigenvalue weighted by Gasteiger charge is 2.05. The maximum absolute atomic E-state index is 8.79. The quantitative estimate of drug-likeness (QED) is 0.843. The first-order chi connectivity index (χ1) is 7.69. The number of aromatic nitrogens is 3. The fourth-order valence-corrected chi connectivity index (χ4v) is 2.28. The summed E-state index contributed by atoms with van der Waals surface area (Å²) in [6.07, 6.45) is 0. The first-order valence-electron chi connectivity index (χ1n) is 4.44. The van der Waals surface area contributed by atoms with Crippen molar-refractivity contribution in [2.75, 3.05) is 0 Å². The Morgan fingerprint density at radius 3 is 2.81 bits per heavy atom. The Balaban J connectivity index is 2.27. The largest absolute Gasteiger partial charge is 0.235 e. The summed E-state index contributed by atoms with van der Waals surface area (Å²) < 4.78 is 2.90. The molecule has 0 spiro atoms. The maximum Gasteiger partial charge on any atom is 0.218 e. The minimum atomic E-state index is 0.538. The zero-order valence-electron chi connectivity index (χ0n) is 8.06. The average Bonchev–Trinajstić information content (AvgIpc) is 2.58. The second-order valence-corrected chi connectivity index (χ2v) is 4.54. The first-order valence-corrected chi connectivity index (χ1v) is 6.02. The van der Waals surface area contributed by atoms with Crippen LogP contribution < -0.4 is 0 Å². The van der Waals surface area contributed by atoms with Crippen LogP contribution in [-0.4, -0.2) is 14.8 Å². The molecule has 80 valence electrons. The van der Waals surface area contributed by atoms with E-state index in [-0.39, 0.29) is 0 Å². The van der Waals surface area contributed by atoms with E-state index in [9.17, 15) is 0 Å². The lowest BCUT2D eigenvalue weighted by atomic mass is 10.1. The topological polar surface area (TPSA) is 54.5 Å². The molecule has 0 fully saturated rings. The average molecular weight is 342 g/mol. The molecule has 0 saturated heterocycles. The van der Waals surface area contributed by atoms with Gasteiger partial charge in [-0.2, -0.15) is 10.2 Å². The van der Waals surface area contributed by atoms with Gasteiger partial charge in [0.15, 0.2) is 4.73 Å². The van der Waals surface area contributed by atoms with Crippen LogP contribution in [0.2, 0.25) is 0 Å². The van der Waals surface area contributed by atoms with Crippen molar-refractivity contribution in [1.82, 2.24) is 14.8 Å². The third-order valence-corrected chi connectivity index (χ3v) is 2.91. The molecule has 2 aromatic rings. The molecule has 0 unspecified atom stereocenters. The molecule has 0 atom stereocenters. The Labute approximate surface area is 109 Å². The van der Waals surface area contributed by atoms with Gasteiger partial charge in [-0.1, -0.05) is 12.1 Å². The van der Waals surface area contributed by atoms with Crippen molar-refractivity contribution in [3.8, 4) is 6.07 Å². The summed E-state index contributed by atoms with van der Waals surface area (Å²) in [6.45, 7) is 0.578. The van der Waals surface area contributed by atoms with Gasteiger partial charge in [0.2, 0.25) is 4.73 Å². The van der Waals surface area contributed by atoms with Gasteiger partial charge in [0.25, 0.3) is 0 Å². The normalized spacial score (nSPS) is 10.1. The van der Waals surface area contributed by atoms with E-state index in [1.165, 1.54) is 0 Å². The molecule has 0 aliphatic carbocycles. The molecule has 0 radical (unpaired) electrons. The molecular formula is C10H6Br2N4. The Hall–Kier alpha value is -1.19. The van der Waals surface area contributed by atoms with Crippen molar-refractivity contribution in [2.45, 2.75) is 6.54 Å². The fourth-order valence-electron chi connectivity index (χ4n) is 1.31. The smallest absolute Gasteiger partial charge is 0.218 e. The SMILES string of the molecule is N#Cc1cccc(Cn2nc(Br)nc2Br)c1. The molecule has 6 heteroatoms. The highest BCUT2D eigenvalue weighted by atomic mass is 79.9. The van der Waals surface area contributed by atoms with Crippen LogP contribution in [0.15, 0.2) is 33.7 Å². The van der Waals surface area contributed by atoms with E-state index >= 15 is 0 Å². The predicted octanol–water partition coefficient (Wildman–Crippen LogP) is 2.72. The van der Waals surface area contributed by atoms with Crippen LogP contribution in [0.25, 0.3) is 0 Å². The molecule has 0 aliphatic heterocycles. The summed E-state index contributed by atoms with van der Waals surface area (Å²) in [6, 6.07) is 9.52. The second kappa shape index (κ2) is 4.76. The number of nitrogens with zero attached hydrogens (tertiary/aromatic N) is 4. The fraction of sp³-hybridized carbons (Fsp3) is 0.100. The molecular weight excluding hydrogens is 336 g/mol. The van der Waals surface area contributed by atoms with E-state index in [4.69, 9.17) is 5.26 Å². The van der Waals surface area contributed by atoms with Crippen LogP contribution in [0.3, 0.4) is 0 Å². The number of hydrogen-bond acceptors (Lipinski definition) is 3. The van der Waals surface area contributed by atoms with E-state index < -0.39 is 0 Å². The van der Waals surface area contributed by atoms with Gasteiger partial charge in [0.1, 0.15) is 0 Å². The third kappa shape index (κ3) is 2.49. The second-order valence-electron chi connectivity index (χ2n) is 3.12. The molecule has 2 rings (SSSR count). The minimum absolute atomic E-state index is 0.538. The maximum atomic E-state index is 8.79. The Morgan fingerprint density at radius 2 is 2.19 bits per heavy atom. The molecule has 0 bridgehead atoms. The van der Waals surface area contributed by atoms with Gasteiger partial charge in [-0.05, 0) is 49.6 Å². The van der Waals surface area contributed by atoms with Crippen LogP contribution in [-0.2, 0) is 6.54 Å². The van der Waals surface area contributed by atoms with E-state index in [1.807, 2.05) is 18.2 Å². The van der Waals surface area contributed by atoms with Gasteiger partial charge >= 0.3 is 0 Å². The van der Waals surface area contributed by atoms with Gasteiger partial charge in [-0.25, -0.2) is 4.68 Å². The lowest BCUT2D eigenvalue weighted by Crippen LogP contribution is -2.02. The molecule has 1 aromatic carbocycles. The van der Waals surface area contributed by atoms with Gasteiger partial charge in [0.05, 0.1) is 18.2 Å². The highest BCUT2D eigenvalue weighted by molar-refractivity contribution is 9.11. The number of rotatable bonds is 2. The number of nitriles is 1. The van der Waals surface area contributed by atoms with Gasteiger partial charge in [-0.15, -0.1) is 5.10 Å². The lowest BCUT2D eigenvalue weighted by Gasteiger charge is -2.02. The first kappa shape index (κ1) is 11.3. The molecule has 16 heavy (non-hydrogen) atoms. The van der Waals surface area contributed by atoms with Gasteiger partial charge in [0, 0.05) is 0 Å². The van der Waals surface area contributed by atoms with E-state index in [0.717, 1.165) is 5.56 Å². The van der Waals surface area contributed by atoms with Gasteiger partial charge in [-0.3, -0.25) is 0 Å². The Bertz CT molecular complexity index is 556. The standard InChI is InChI=1S/C10H6Br2N4/c11-9-14-10(12)16(15-9)6-8-3-1-2-7(4-8)5-13/h1-4H,6H2. The zero-order chi connectivity index (χ0) is 11.5. The Morgan fingerprint density at radius 1 is 1.38 bits per heavy atom. The van der Waals surface area contributed by atoms with Crippen LogP contribution in [0.4, 0.5) is 0 Å². The van der Waals surface area contributed by atoms with Crippen LogP contribution >= 0.6 is 31.9 Å². The zero-order valence-corrected chi connectivity index (χ0v) is 11.2. The van der Waals surface area contributed by atoms with E-state index in [1.54, 1.807) is 10.7 Å². The molecule has 0 amide bonds. The number of hydrogen-bond donors (Lipinski definition) is 0. The van der Waals surface area contributed by atoms with Crippen molar-refractivity contribution in [1.29, 1.82) is 5.26 Å². The van der Waals surface area contributed by atoms with Gasteiger partial charge < -0.3 is 0 Å². The molecule has 0 aliphatic rings. The minimum Gasteiger partial charge on any atom is -0.235 e. The third-order valence-electron chi connectivity index (χ3n) is 1.99. The highest BCUT2D eigenvalue weighted by Crippen LogP contribution is 2.14. The summed E-state index contributed by atoms with van der Waals surface area (Å²) in [7, 11) is 0. The summed E-state index contributed by atoms with van der Waals surface area (Å²) in [5.74, 6) is 0. The number of benzene rings is 1. The summed E-state index contributed by atoms with van der Waals surface area (Å²) in [5.41, 5.74) is 1.66. The van der Waals surface area contributed by atoms with E-state index in [0.29, 0.717) is 21.6 Å². The molecule has 0 N–H and O–H groups in total. The molecule has 0 saturated carbocycles. The predicted molar refractivity (Wildman–Crippen MR) is 65.7 cm³/mol.